The molecular weight excluding hydrogens is 344 g/mol. The van der Waals surface area contributed by atoms with Crippen LogP contribution in [-0.2, 0) is 11.3 Å². The van der Waals surface area contributed by atoms with Gasteiger partial charge in [0.25, 0.3) is 0 Å². The maximum atomic E-state index is 5.44. The molecule has 4 aromatic rings. The zero-order chi connectivity index (χ0) is 18.2. The van der Waals surface area contributed by atoms with Gasteiger partial charge in [-0.1, -0.05) is 12.1 Å². The molecule has 0 radical (unpaired) electrons. The van der Waals surface area contributed by atoms with Gasteiger partial charge in [0.2, 0.25) is 11.9 Å². The fourth-order valence-electron chi connectivity index (χ4n) is 3.25. The van der Waals surface area contributed by atoms with Crippen LogP contribution in [0.4, 0.5) is 11.9 Å². The van der Waals surface area contributed by atoms with Crippen LogP contribution in [0.1, 0.15) is 11.4 Å². The van der Waals surface area contributed by atoms with Crippen molar-refractivity contribution in [2.45, 2.75) is 13.5 Å². The van der Waals surface area contributed by atoms with Crippen molar-refractivity contribution in [3.63, 3.8) is 0 Å². The van der Waals surface area contributed by atoms with Crippen LogP contribution in [0.3, 0.4) is 0 Å². The predicted molar refractivity (Wildman–Crippen MR) is 102 cm³/mol. The van der Waals surface area contributed by atoms with E-state index in [1.807, 2.05) is 31.2 Å². The molecule has 3 aromatic heterocycles. The first-order valence-corrected chi connectivity index (χ1v) is 9.00. The Morgan fingerprint density at radius 2 is 2.00 bits per heavy atom. The first kappa shape index (κ1) is 16.0. The van der Waals surface area contributed by atoms with Gasteiger partial charge in [0.15, 0.2) is 5.65 Å². The number of ether oxygens (including phenoxy) is 1. The summed E-state index contributed by atoms with van der Waals surface area (Å²) in [5.41, 5.74) is 3.79. The van der Waals surface area contributed by atoms with Crippen LogP contribution in [0.2, 0.25) is 0 Å². The van der Waals surface area contributed by atoms with Gasteiger partial charge in [0, 0.05) is 18.7 Å². The molecule has 0 bridgehead atoms. The third kappa shape index (κ3) is 2.95. The van der Waals surface area contributed by atoms with Crippen molar-refractivity contribution in [2.24, 2.45) is 0 Å². The molecule has 27 heavy (non-hydrogen) atoms. The van der Waals surface area contributed by atoms with Gasteiger partial charge in [0.05, 0.1) is 37.0 Å². The van der Waals surface area contributed by atoms with Crippen molar-refractivity contribution in [3.05, 3.63) is 41.9 Å². The molecule has 1 fully saturated rings. The Hall–Kier alpha value is -3.20. The molecule has 1 saturated heterocycles. The number of para-hydroxylation sites is 2. The minimum atomic E-state index is 0.516. The van der Waals surface area contributed by atoms with Crippen LogP contribution in [0.25, 0.3) is 16.7 Å². The molecule has 1 aromatic carbocycles. The number of anilines is 2. The Labute approximate surface area is 155 Å². The summed E-state index contributed by atoms with van der Waals surface area (Å²) in [5, 5.41) is 7.77. The quantitative estimate of drug-likeness (QED) is 0.569. The van der Waals surface area contributed by atoms with Crippen molar-refractivity contribution in [2.75, 3.05) is 36.5 Å². The predicted octanol–water partition coefficient (Wildman–Crippen LogP) is 1.76. The number of nitrogens with zero attached hydrogens (tertiary/aromatic N) is 6. The first-order valence-electron chi connectivity index (χ1n) is 9.00. The van der Waals surface area contributed by atoms with E-state index >= 15 is 0 Å². The Morgan fingerprint density at radius 3 is 2.85 bits per heavy atom. The number of fused-ring (bicyclic) bond motifs is 2. The number of imidazole rings is 1. The summed E-state index contributed by atoms with van der Waals surface area (Å²) < 4.78 is 7.18. The molecule has 9 nitrogen and oxygen atoms in total. The van der Waals surface area contributed by atoms with Gasteiger partial charge in [-0.25, -0.2) is 4.98 Å². The number of benzene rings is 1. The largest absolute Gasteiger partial charge is 0.378 e. The zero-order valence-corrected chi connectivity index (χ0v) is 15.0. The van der Waals surface area contributed by atoms with Gasteiger partial charge in [-0.3, -0.25) is 0 Å². The van der Waals surface area contributed by atoms with E-state index in [9.17, 15) is 0 Å². The molecule has 0 saturated carbocycles. The summed E-state index contributed by atoms with van der Waals surface area (Å²) in [7, 11) is 0. The molecule has 0 unspecified atom stereocenters. The van der Waals surface area contributed by atoms with E-state index in [2.05, 4.69) is 25.3 Å². The summed E-state index contributed by atoms with van der Waals surface area (Å²) in [6, 6.07) is 7.98. The maximum Gasteiger partial charge on any atom is 0.230 e. The number of aromatic nitrogens is 6. The number of aromatic amines is 1. The fourth-order valence-corrected chi connectivity index (χ4v) is 3.25. The van der Waals surface area contributed by atoms with Gasteiger partial charge in [-0.05, 0) is 19.1 Å². The summed E-state index contributed by atoms with van der Waals surface area (Å²) in [4.78, 5) is 19.5. The second kappa shape index (κ2) is 6.51. The number of hydrogen-bond acceptors (Lipinski definition) is 7. The lowest BCUT2D eigenvalue weighted by molar-refractivity contribution is 0.122. The molecule has 138 valence electrons. The van der Waals surface area contributed by atoms with E-state index in [1.165, 1.54) is 0 Å². The Kier molecular flexibility index (Phi) is 3.86. The van der Waals surface area contributed by atoms with Crippen LogP contribution in [0.15, 0.2) is 30.5 Å². The zero-order valence-electron chi connectivity index (χ0n) is 15.0. The van der Waals surface area contributed by atoms with Gasteiger partial charge >= 0.3 is 0 Å². The normalized spacial score (nSPS) is 14.9. The highest BCUT2D eigenvalue weighted by atomic mass is 16.5. The van der Waals surface area contributed by atoms with Crippen molar-refractivity contribution < 1.29 is 4.74 Å². The van der Waals surface area contributed by atoms with Crippen LogP contribution >= 0.6 is 0 Å². The molecule has 0 spiro atoms. The average Bonchev–Trinajstić information content (AvgIpc) is 3.30. The number of nitrogens with one attached hydrogen (secondary N) is 2. The molecule has 4 heterocycles. The third-order valence-electron chi connectivity index (χ3n) is 4.68. The van der Waals surface area contributed by atoms with E-state index in [4.69, 9.17) is 14.7 Å². The number of rotatable bonds is 4. The number of hydrogen-bond donors (Lipinski definition) is 2. The second-order valence-corrected chi connectivity index (χ2v) is 6.56. The fraction of sp³-hybridized carbons (Fsp3) is 0.333. The minimum absolute atomic E-state index is 0.516. The molecule has 1 aliphatic heterocycles. The van der Waals surface area contributed by atoms with Crippen LogP contribution in [0.5, 0.6) is 0 Å². The van der Waals surface area contributed by atoms with Crippen molar-refractivity contribution >= 4 is 28.6 Å². The molecule has 0 amide bonds. The number of aryl methyl sites for hydroxylation is 1. The molecule has 0 atom stereocenters. The lowest BCUT2D eigenvalue weighted by atomic mass is 10.3. The molecule has 9 heteroatoms. The molecule has 0 aliphatic carbocycles. The van der Waals surface area contributed by atoms with Gasteiger partial charge < -0.3 is 19.9 Å². The Bertz CT molecular complexity index is 1060. The summed E-state index contributed by atoms with van der Waals surface area (Å²) >= 11 is 0. The molecule has 1 aliphatic rings. The Balaban J connectivity index is 1.47. The number of morpholine rings is 1. The van der Waals surface area contributed by atoms with Crippen molar-refractivity contribution in [1.29, 1.82) is 0 Å². The topological polar surface area (TPSA) is 96.3 Å². The average molecular weight is 364 g/mol. The van der Waals surface area contributed by atoms with E-state index in [0.717, 1.165) is 41.2 Å². The Morgan fingerprint density at radius 1 is 1.15 bits per heavy atom. The maximum absolute atomic E-state index is 5.44. The highest BCUT2D eigenvalue weighted by Gasteiger charge is 2.18. The van der Waals surface area contributed by atoms with Gasteiger partial charge in [-0.2, -0.15) is 19.6 Å². The van der Waals surface area contributed by atoms with E-state index in [-0.39, 0.29) is 0 Å². The monoisotopic (exact) mass is 364 g/mol. The van der Waals surface area contributed by atoms with Gasteiger partial charge in [0.1, 0.15) is 5.82 Å². The summed E-state index contributed by atoms with van der Waals surface area (Å²) in [6.45, 7) is 5.46. The number of H-pyrrole nitrogens is 1. The molecule has 2 N–H and O–H groups in total. The lowest BCUT2D eigenvalue weighted by Gasteiger charge is -2.27. The van der Waals surface area contributed by atoms with Crippen LogP contribution in [-0.4, -0.2) is 55.9 Å². The van der Waals surface area contributed by atoms with E-state index < -0.39 is 0 Å². The van der Waals surface area contributed by atoms with Crippen molar-refractivity contribution in [1.82, 2.24) is 29.5 Å². The second-order valence-electron chi connectivity index (χ2n) is 6.56. The smallest absolute Gasteiger partial charge is 0.230 e. The van der Waals surface area contributed by atoms with Crippen LogP contribution in [0, 0.1) is 6.92 Å². The molecule has 5 rings (SSSR count). The molecular formula is C18H20N8O. The minimum Gasteiger partial charge on any atom is -0.378 e. The van der Waals surface area contributed by atoms with E-state index in [1.54, 1.807) is 10.7 Å². The highest BCUT2D eigenvalue weighted by molar-refractivity contribution is 5.74. The van der Waals surface area contributed by atoms with Gasteiger partial charge in [-0.15, -0.1) is 0 Å². The van der Waals surface area contributed by atoms with Crippen LogP contribution < -0.4 is 10.2 Å². The first-order chi connectivity index (χ1) is 13.3. The summed E-state index contributed by atoms with van der Waals surface area (Å²) in [5.74, 6) is 2.19. The third-order valence-corrected chi connectivity index (χ3v) is 4.68. The SMILES string of the molecule is Cc1cnn2c(NCc3nc4ccccc4[nH]3)nc(N3CCOCC3)nc12. The van der Waals surface area contributed by atoms with E-state index in [0.29, 0.717) is 31.7 Å². The van der Waals surface area contributed by atoms with Crippen molar-refractivity contribution in [3.8, 4) is 0 Å². The standard InChI is InChI=1S/C18H20N8O/c1-12-10-20-26-16(12)23-18(25-6-8-27-9-7-25)24-17(26)19-11-15-21-13-4-2-3-5-14(13)22-15/h2-5,10H,6-9,11H2,1H3,(H,21,22)(H,19,23,24). The summed E-state index contributed by atoms with van der Waals surface area (Å²) in [6.07, 6.45) is 1.81. The highest BCUT2D eigenvalue weighted by Crippen LogP contribution is 2.19. The lowest BCUT2D eigenvalue weighted by Crippen LogP contribution is -2.37.